The fourth-order valence-corrected chi connectivity index (χ4v) is 2.08. The van der Waals surface area contributed by atoms with Gasteiger partial charge in [0, 0.05) is 5.56 Å². The summed E-state index contributed by atoms with van der Waals surface area (Å²) in [7, 11) is 0. The molecule has 0 radical (unpaired) electrons. The van der Waals surface area contributed by atoms with E-state index in [1.807, 2.05) is 6.07 Å². The first-order chi connectivity index (χ1) is 12.6. The number of hydrogen-bond donors (Lipinski definition) is 2. The van der Waals surface area contributed by atoms with Gasteiger partial charge in [-0.1, -0.05) is 12.1 Å². The number of nitriles is 1. The van der Waals surface area contributed by atoms with Gasteiger partial charge in [-0.3, -0.25) is 4.79 Å². The second kappa shape index (κ2) is 8.98. The molecule has 9 heteroatoms. The number of ether oxygens (including phenoxy) is 2. The number of rotatable bonds is 8. The van der Waals surface area contributed by atoms with Crippen LogP contribution in [0, 0.1) is 11.3 Å². The van der Waals surface area contributed by atoms with Crippen molar-refractivity contribution in [1.29, 1.82) is 5.26 Å². The molecule has 134 valence electrons. The molecule has 0 fully saturated rings. The standard InChI is InChI=1S/C17H17N5O4/c1-2-25-17(24)13-14(19)21-15(12-5-3-4-11(8-12)9-18)22-16(13)26-7-6-20-10-23/h3-5,8,10H,2,6-7H2,1H3,(H,20,23)(H2,19,21,22). The van der Waals surface area contributed by atoms with E-state index < -0.39 is 5.97 Å². The minimum Gasteiger partial charge on any atom is -0.475 e. The van der Waals surface area contributed by atoms with Gasteiger partial charge in [-0.15, -0.1) is 0 Å². The smallest absolute Gasteiger partial charge is 0.347 e. The molecule has 0 aliphatic carbocycles. The van der Waals surface area contributed by atoms with Crippen LogP contribution < -0.4 is 15.8 Å². The highest BCUT2D eigenvalue weighted by Gasteiger charge is 2.22. The number of esters is 1. The molecule has 0 spiro atoms. The Kier molecular flexibility index (Phi) is 6.45. The second-order valence-electron chi connectivity index (χ2n) is 4.95. The predicted molar refractivity (Wildman–Crippen MR) is 92.1 cm³/mol. The van der Waals surface area contributed by atoms with Crippen molar-refractivity contribution in [3.8, 4) is 23.3 Å². The summed E-state index contributed by atoms with van der Waals surface area (Å²) in [6.07, 6.45) is 0.531. The number of hydrogen-bond acceptors (Lipinski definition) is 8. The summed E-state index contributed by atoms with van der Waals surface area (Å²) < 4.78 is 10.5. The van der Waals surface area contributed by atoms with Crippen molar-refractivity contribution in [3.63, 3.8) is 0 Å². The zero-order chi connectivity index (χ0) is 18.9. The number of carbonyl (C=O) groups excluding carboxylic acids is 2. The Morgan fingerprint density at radius 2 is 2.23 bits per heavy atom. The van der Waals surface area contributed by atoms with E-state index in [-0.39, 0.29) is 42.8 Å². The molecule has 0 unspecified atom stereocenters. The number of nitrogen functional groups attached to an aromatic ring is 1. The minimum absolute atomic E-state index is 0.0546. The number of benzene rings is 1. The van der Waals surface area contributed by atoms with E-state index in [9.17, 15) is 9.59 Å². The molecule has 0 aliphatic heterocycles. The molecule has 0 atom stereocenters. The molecule has 0 bridgehead atoms. The van der Waals surface area contributed by atoms with E-state index in [1.165, 1.54) is 0 Å². The Balaban J connectivity index is 2.45. The number of carbonyl (C=O) groups is 2. The Morgan fingerprint density at radius 1 is 1.42 bits per heavy atom. The van der Waals surface area contributed by atoms with Gasteiger partial charge in [0.05, 0.1) is 24.8 Å². The van der Waals surface area contributed by atoms with Gasteiger partial charge in [0.2, 0.25) is 12.3 Å². The van der Waals surface area contributed by atoms with Gasteiger partial charge in [0.25, 0.3) is 0 Å². The summed E-state index contributed by atoms with van der Waals surface area (Å²) in [6.45, 7) is 2.09. The molecule has 1 aromatic carbocycles. The Hall–Kier alpha value is -3.67. The van der Waals surface area contributed by atoms with Gasteiger partial charge in [0.15, 0.2) is 11.4 Å². The summed E-state index contributed by atoms with van der Waals surface area (Å²) in [5, 5.41) is 11.5. The Bertz CT molecular complexity index is 848. The van der Waals surface area contributed by atoms with Crippen molar-refractivity contribution in [1.82, 2.24) is 15.3 Å². The van der Waals surface area contributed by atoms with Crippen molar-refractivity contribution in [2.75, 3.05) is 25.5 Å². The summed E-state index contributed by atoms with van der Waals surface area (Å²) in [5.41, 5.74) is 6.81. The molecule has 0 saturated carbocycles. The largest absolute Gasteiger partial charge is 0.475 e. The summed E-state index contributed by atoms with van der Waals surface area (Å²) in [4.78, 5) is 30.8. The maximum atomic E-state index is 12.1. The zero-order valence-corrected chi connectivity index (χ0v) is 14.1. The maximum absolute atomic E-state index is 12.1. The first-order valence-electron chi connectivity index (χ1n) is 7.75. The van der Waals surface area contributed by atoms with Crippen LogP contribution in [-0.4, -0.2) is 42.1 Å². The van der Waals surface area contributed by atoms with Crippen LogP contribution in [0.1, 0.15) is 22.8 Å². The van der Waals surface area contributed by atoms with Crippen LogP contribution >= 0.6 is 0 Å². The van der Waals surface area contributed by atoms with E-state index >= 15 is 0 Å². The summed E-state index contributed by atoms with van der Waals surface area (Å²) in [5.74, 6) is -0.665. The SMILES string of the molecule is CCOC(=O)c1c(N)nc(-c2cccc(C#N)c2)nc1OCCNC=O. The van der Waals surface area contributed by atoms with E-state index in [0.29, 0.717) is 17.5 Å². The molecule has 1 amide bonds. The van der Waals surface area contributed by atoms with E-state index in [2.05, 4.69) is 15.3 Å². The lowest BCUT2D eigenvalue weighted by Gasteiger charge is -2.13. The zero-order valence-electron chi connectivity index (χ0n) is 14.1. The number of nitrogens with zero attached hydrogens (tertiary/aromatic N) is 3. The van der Waals surface area contributed by atoms with Gasteiger partial charge in [-0.05, 0) is 19.1 Å². The number of anilines is 1. The lowest BCUT2D eigenvalue weighted by Crippen LogP contribution is -2.21. The fourth-order valence-electron chi connectivity index (χ4n) is 2.08. The molecule has 1 aromatic heterocycles. The van der Waals surface area contributed by atoms with Gasteiger partial charge < -0.3 is 20.5 Å². The highest BCUT2D eigenvalue weighted by Crippen LogP contribution is 2.27. The third-order valence-corrected chi connectivity index (χ3v) is 3.20. The van der Waals surface area contributed by atoms with Crippen molar-refractivity contribution < 1.29 is 19.1 Å². The molecule has 26 heavy (non-hydrogen) atoms. The third-order valence-electron chi connectivity index (χ3n) is 3.20. The maximum Gasteiger partial charge on any atom is 0.347 e. The van der Waals surface area contributed by atoms with Gasteiger partial charge in [0.1, 0.15) is 12.4 Å². The van der Waals surface area contributed by atoms with Crippen molar-refractivity contribution in [3.05, 3.63) is 35.4 Å². The van der Waals surface area contributed by atoms with Gasteiger partial charge >= 0.3 is 5.97 Å². The first-order valence-corrected chi connectivity index (χ1v) is 7.75. The number of nitrogens with two attached hydrogens (primary N) is 1. The Morgan fingerprint density at radius 3 is 2.92 bits per heavy atom. The predicted octanol–water partition coefficient (Wildman–Crippen LogP) is 0.899. The van der Waals surface area contributed by atoms with Crippen LogP contribution in [0.15, 0.2) is 24.3 Å². The van der Waals surface area contributed by atoms with Crippen LogP contribution in [0.2, 0.25) is 0 Å². The van der Waals surface area contributed by atoms with Crippen molar-refractivity contribution in [2.45, 2.75) is 6.92 Å². The average Bonchev–Trinajstić information content (AvgIpc) is 2.65. The molecular formula is C17H17N5O4. The molecule has 3 N–H and O–H groups in total. The van der Waals surface area contributed by atoms with Crippen LogP contribution in [-0.2, 0) is 9.53 Å². The quantitative estimate of drug-likeness (QED) is 0.404. The van der Waals surface area contributed by atoms with Gasteiger partial charge in [-0.25, -0.2) is 9.78 Å². The van der Waals surface area contributed by atoms with Crippen molar-refractivity contribution in [2.24, 2.45) is 0 Å². The number of nitrogens with one attached hydrogen (secondary N) is 1. The highest BCUT2D eigenvalue weighted by molar-refractivity contribution is 5.97. The lowest BCUT2D eigenvalue weighted by atomic mass is 10.1. The summed E-state index contributed by atoms with van der Waals surface area (Å²) in [6, 6.07) is 8.65. The molecule has 1 heterocycles. The van der Waals surface area contributed by atoms with E-state index in [0.717, 1.165) is 0 Å². The summed E-state index contributed by atoms with van der Waals surface area (Å²) >= 11 is 0. The van der Waals surface area contributed by atoms with Crippen LogP contribution in [0.3, 0.4) is 0 Å². The second-order valence-corrected chi connectivity index (χ2v) is 4.95. The minimum atomic E-state index is -0.708. The molecule has 9 nitrogen and oxygen atoms in total. The Labute approximate surface area is 149 Å². The first kappa shape index (κ1) is 18.7. The molecule has 2 aromatic rings. The van der Waals surface area contributed by atoms with Crippen molar-refractivity contribution >= 4 is 18.2 Å². The normalized spacial score (nSPS) is 9.85. The molecule has 0 saturated heterocycles. The van der Waals surface area contributed by atoms with Crippen LogP contribution in [0.5, 0.6) is 5.88 Å². The van der Waals surface area contributed by atoms with Gasteiger partial charge in [-0.2, -0.15) is 10.2 Å². The third kappa shape index (κ3) is 4.45. The number of aromatic nitrogens is 2. The fraction of sp³-hybridized carbons (Fsp3) is 0.235. The van der Waals surface area contributed by atoms with E-state index in [1.54, 1.807) is 31.2 Å². The van der Waals surface area contributed by atoms with Crippen LogP contribution in [0.4, 0.5) is 5.82 Å². The monoisotopic (exact) mass is 355 g/mol. The molecule has 2 rings (SSSR count). The number of amides is 1. The molecular weight excluding hydrogens is 338 g/mol. The van der Waals surface area contributed by atoms with Crippen LogP contribution in [0.25, 0.3) is 11.4 Å². The molecule has 0 aliphatic rings. The average molecular weight is 355 g/mol. The highest BCUT2D eigenvalue weighted by atomic mass is 16.5. The lowest BCUT2D eigenvalue weighted by molar-refractivity contribution is -0.109. The van der Waals surface area contributed by atoms with E-state index in [4.69, 9.17) is 20.5 Å². The topological polar surface area (TPSA) is 140 Å².